The van der Waals surface area contributed by atoms with Gasteiger partial charge in [0.05, 0.1) is 0 Å². The van der Waals surface area contributed by atoms with Crippen LogP contribution < -0.4 is 10.6 Å². The van der Waals surface area contributed by atoms with Crippen LogP contribution in [-0.2, 0) is 0 Å². The van der Waals surface area contributed by atoms with Crippen molar-refractivity contribution in [2.24, 2.45) is 17.8 Å². The van der Waals surface area contributed by atoms with Crippen molar-refractivity contribution in [3.63, 3.8) is 0 Å². The minimum Gasteiger partial charge on any atom is -0.319 e. The SMILES string of the molecule is C/C=C\C(CC)CCNCC(C)C(C)CNC. The fourth-order valence-corrected chi connectivity index (χ4v) is 2.05. The lowest BCUT2D eigenvalue weighted by atomic mass is 9.95. The smallest absolute Gasteiger partial charge is 0.00201 e. The average molecular weight is 240 g/mol. The number of hydrogen-bond acceptors (Lipinski definition) is 2. The molecule has 102 valence electrons. The maximum absolute atomic E-state index is 3.59. The molecule has 0 aromatic carbocycles. The molecule has 0 rings (SSSR count). The summed E-state index contributed by atoms with van der Waals surface area (Å²) in [6.07, 6.45) is 7.01. The van der Waals surface area contributed by atoms with E-state index in [1.165, 1.54) is 12.8 Å². The summed E-state index contributed by atoms with van der Waals surface area (Å²) in [6, 6.07) is 0. The molecule has 0 saturated carbocycles. The van der Waals surface area contributed by atoms with Gasteiger partial charge in [-0.1, -0.05) is 32.9 Å². The molecular formula is C15H32N2. The first-order valence-electron chi connectivity index (χ1n) is 7.13. The molecule has 2 heteroatoms. The minimum atomic E-state index is 0.740. The Morgan fingerprint density at radius 2 is 1.76 bits per heavy atom. The Morgan fingerprint density at radius 1 is 1.12 bits per heavy atom. The first-order valence-corrected chi connectivity index (χ1v) is 7.13. The van der Waals surface area contributed by atoms with Gasteiger partial charge in [0, 0.05) is 0 Å². The van der Waals surface area contributed by atoms with E-state index in [0.29, 0.717) is 0 Å². The van der Waals surface area contributed by atoms with Crippen molar-refractivity contribution in [3.8, 4) is 0 Å². The molecule has 0 spiro atoms. The van der Waals surface area contributed by atoms with E-state index in [0.717, 1.165) is 37.4 Å². The number of allylic oxidation sites excluding steroid dienone is 2. The zero-order valence-electron chi connectivity index (χ0n) is 12.4. The standard InChI is InChI=1S/C15H32N2/c1-6-8-15(7-2)9-10-17-12-14(4)13(3)11-16-5/h6,8,13-17H,7,9-12H2,1-5H3/b8-6-. The Hall–Kier alpha value is -0.340. The van der Waals surface area contributed by atoms with Gasteiger partial charge in [0.2, 0.25) is 0 Å². The molecule has 0 amide bonds. The van der Waals surface area contributed by atoms with Crippen LogP contribution in [0.25, 0.3) is 0 Å². The number of rotatable bonds is 10. The molecule has 0 aromatic rings. The lowest BCUT2D eigenvalue weighted by Crippen LogP contribution is -2.30. The molecule has 3 unspecified atom stereocenters. The van der Waals surface area contributed by atoms with Gasteiger partial charge in [0.25, 0.3) is 0 Å². The van der Waals surface area contributed by atoms with E-state index < -0.39 is 0 Å². The Labute approximate surface area is 108 Å². The maximum atomic E-state index is 3.59. The summed E-state index contributed by atoms with van der Waals surface area (Å²) in [7, 11) is 2.03. The highest BCUT2D eigenvalue weighted by atomic mass is 14.9. The Balaban J connectivity index is 3.62. The van der Waals surface area contributed by atoms with Crippen LogP contribution >= 0.6 is 0 Å². The van der Waals surface area contributed by atoms with E-state index in [2.05, 4.69) is 50.5 Å². The third-order valence-electron chi connectivity index (χ3n) is 3.64. The summed E-state index contributed by atoms with van der Waals surface area (Å²) in [4.78, 5) is 0. The first kappa shape index (κ1) is 16.7. The van der Waals surface area contributed by atoms with Gasteiger partial charge in [0.1, 0.15) is 0 Å². The molecule has 0 aliphatic carbocycles. The highest BCUT2D eigenvalue weighted by Gasteiger charge is 2.10. The van der Waals surface area contributed by atoms with E-state index >= 15 is 0 Å². The van der Waals surface area contributed by atoms with Gasteiger partial charge >= 0.3 is 0 Å². The topological polar surface area (TPSA) is 24.1 Å². The van der Waals surface area contributed by atoms with Crippen LogP contribution in [0.5, 0.6) is 0 Å². The summed E-state index contributed by atoms with van der Waals surface area (Å²) in [5.74, 6) is 2.23. The maximum Gasteiger partial charge on any atom is -0.00201 e. The fourth-order valence-electron chi connectivity index (χ4n) is 2.05. The third-order valence-corrected chi connectivity index (χ3v) is 3.64. The Bertz CT molecular complexity index is 189. The molecule has 2 nitrogen and oxygen atoms in total. The highest BCUT2D eigenvalue weighted by Crippen LogP contribution is 2.10. The lowest BCUT2D eigenvalue weighted by Gasteiger charge is -2.20. The summed E-state index contributed by atoms with van der Waals surface area (Å²) in [5.41, 5.74) is 0. The highest BCUT2D eigenvalue weighted by molar-refractivity contribution is 4.85. The summed E-state index contributed by atoms with van der Waals surface area (Å²) in [5, 5.41) is 6.83. The second kappa shape index (κ2) is 10.8. The normalized spacial score (nSPS) is 17.2. The van der Waals surface area contributed by atoms with E-state index in [-0.39, 0.29) is 0 Å². The van der Waals surface area contributed by atoms with Crippen molar-refractivity contribution < 1.29 is 0 Å². The van der Waals surface area contributed by atoms with Crippen molar-refractivity contribution in [1.29, 1.82) is 0 Å². The van der Waals surface area contributed by atoms with E-state index in [1.54, 1.807) is 0 Å². The zero-order valence-corrected chi connectivity index (χ0v) is 12.4. The second-order valence-electron chi connectivity index (χ2n) is 5.20. The molecule has 3 atom stereocenters. The quantitative estimate of drug-likeness (QED) is 0.453. The van der Waals surface area contributed by atoms with Crippen molar-refractivity contribution >= 4 is 0 Å². The average Bonchev–Trinajstić information content (AvgIpc) is 2.33. The van der Waals surface area contributed by atoms with Gasteiger partial charge in [-0.15, -0.1) is 0 Å². The molecule has 2 N–H and O–H groups in total. The van der Waals surface area contributed by atoms with Crippen LogP contribution in [0.15, 0.2) is 12.2 Å². The first-order chi connectivity index (χ1) is 8.15. The van der Waals surface area contributed by atoms with Crippen molar-refractivity contribution in [2.45, 2.75) is 40.5 Å². The van der Waals surface area contributed by atoms with Crippen LogP contribution in [0.1, 0.15) is 40.5 Å². The number of nitrogens with one attached hydrogen (secondary N) is 2. The van der Waals surface area contributed by atoms with Gasteiger partial charge in [0.15, 0.2) is 0 Å². The Kier molecular flexibility index (Phi) is 10.6. The van der Waals surface area contributed by atoms with Crippen LogP contribution in [0.4, 0.5) is 0 Å². The van der Waals surface area contributed by atoms with Crippen molar-refractivity contribution in [2.75, 3.05) is 26.7 Å². The van der Waals surface area contributed by atoms with Crippen molar-refractivity contribution in [1.82, 2.24) is 10.6 Å². The molecular weight excluding hydrogens is 208 g/mol. The van der Waals surface area contributed by atoms with Gasteiger partial charge in [-0.2, -0.15) is 0 Å². The predicted octanol–water partition coefficient (Wildman–Crippen LogP) is 3.06. The summed E-state index contributed by atoms with van der Waals surface area (Å²) in [6.45, 7) is 12.4. The molecule has 0 bridgehead atoms. The van der Waals surface area contributed by atoms with Gasteiger partial charge in [-0.25, -0.2) is 0 Å². The minimum absolute atomic E-state index is 0.740. The lowest BCUT2D eigenvalue weighted by molar-refractivity contribution is 0.354. The Morgan fingerprint density at radius 3 is 2.29 bits per heavy atom. The molecule has 0 aliphatic heterocycles. The van der Waals surface area contributed by atoms with Crippen LogP contribution in [0.2, 0.25) is 0 Å². The third kappa shape index (κ3) is 8.39. The largest absolute Gasteiger partial charge is 0.319 e. The van der Waals surface area contributed by atoms with Gasteiger partial charge < -0.3 is 10.6 Å². The predicted molar refractivity (Wildman–Crippen MR) is 78.3 cm³/mol. The van der Waals surface area contributed by atoms with E-state index in [9.17, 15) is 0 Å². The summed E-state index contributed by atoms with van der Waals surface area (Å²) < 4.78 is 0. The molecule has 0 heterocycles. The molecule has 0 saturated heterocycles. The van der Waals surface area contributed by atoms with Gasteiger partial charge in [-0.3, -0.25) is 0 Å². The molecule has 0 aliphatic rings. The second-order valence-corrected chi connectivity index (χ2v) is 5.20. The van der Waals surface area contributed by atoms with Gasteiger partial charge in [-0.05, 0) is 64.2 Å². The fraction of sp³-hybridized carbons (Fsp3) is 0.867. The molecule has 0 aromatic heterocycles. The molecule has 0 radical (unpaired) electrons. The molecule has 17 heavy (non-hydrogen) atoms. The van der Waals surface area contributed by atoms with Crippen LogP contribution in [0, 0.1) is 17.8 Å². The summed E-state index contributed by atoms with van der Waals surface area (Å²) >= 11 is 0. The zero-order chi connectivity index (χ0) is 13.1. The van der Waals surface area contributed by atoms with Crippen molar-refractivity contribution in [3.05, 3.63) is 12.2 Å². The molecule has 0 fully saturated rings. The number of hydrogen-bond donors (Lipinski definition) is 2. The van der Waals surface area contributed by atoms with Crippen LogP contribution in [-0.4, -0.2) is 26.7 Å². The van der Waals surface area contributed by atoms with E-state index in [4.69, 9.17) is 0 Å². The van der Waals surface area contributed by atoms with E-state index in [1.807, 2.05) is 7.05 Å². The monoisotopic (exact) mass is 240 g/mol. The van der Waals surface area contributed by atoms with Crippen LogP contribution in [0.3, 0.4) is 0 Å².